The molecule has 1 aliphatic heterocycles. The van der Waals surface area contributed by atoms with E-state index < -0.39 is 23.4 Å². The molecule has 0 unspecified atom stereocenters. The third-order valence-corrected chi connectivity index (χ3v) is 4.96. The lowest BCUT2D eigenvalue weighted by atomic mass is 9.81. The minimum atomic E-state index is -1.21. The molecule has 5 nitrogen and oxygen atoms in total. The minimum absolute atomic E-state index is 0.0157. The maximum atomic E-state index is 12.4. The standard InChI is InChI=1S/C16H19NO4/c18-13(11-5-2-1-3-6-11)14(19)17-9-12-7-4-8-16(12,10-17)15(20)21/h1-3,5-6,12-13,18H,4,7-10H2,(H,20,21)/t12-,13-,16+/m0/s1. The van der Waals surface area contributed by atoms with Gasteiger partial charge in [-0.1, -0.05) is 36.8 Å². The van der Waals surface area contributed by atoms with Crippen LogP contribution in [0.1, 0.15) is 30.9 Å². The van der Waals surface area contributed by atoms with Crippen LogP contribution in [-0.4, -0.2) is 40.1 Å². The monoisotopic (exact) mass is 289 g/mol. The van der Waals surface area contributed by atoms with Crippen LogP contribution in [0.5, 0.6) is 0 Å². The molecule has 1 amide bonds. The quantitative estimate of drug-likeness (QED) is 0.882. The van der Waals surface area contributed by atoms with Crippen LogP contribution < -0.4 is 0 Å². The van der Waals surface area contributed by atoms with Gasteiger partial charge in [0.1, 0.15) is 0 Å². The number of amides is 1. The number of carbonyl (C=O) groups is 2. The lowest BCUT2D eigenvalue weighted by Gasteiger charge is -2.24. The average Bonchev–Trinajstić information content (AvgIpc) is 3.04. The molecule has 0 radical (unpaired) electrons. The fraction of sp³-hybridized carbons (Fsp3) is 0.500. The summed E-state index contributed by atoms with van der Waals surface area (Å²) >= 11 is 0. The van der Waals surface area contributed by atoms with Crippen LogP contribution in [0.25, 0.3) is 0 Å². The van der Waals surface area contributed by atoms with Gasteiger partial charge in [-0.3, -0.25) is 9.59 Å². The SMILES string of the molecule is O=C([C@@H](O)c1ccccc1)N1C[C@@H]2CCC[C@@]2(C(=O)O)C1. The van der Waals surface area contributed by atoms with Crippen molar-refractivity contribution in [2.24, 2.45) is 11.3 Å². The Labute approximate surface area is 123 Å². The maximum absolute atomic E-state index is 12.4. The highest BCUT2D eigenvalue weighted by atomic mass is 16.4. The number of likely N-dealkylation sites (tertiary alicyclic amines) is 1. The molecule has 1 aromatic carbocycles. The summed E-state index contributed by atoms with van der Waals surface area (Å²) < 4.78 is 0. The molecule has 3 rings (SSSR count). The lowest BCUT2D eigenvalue weighted by Crippen LogP contribution is -2.38. The Morgan fingerprint density at radius 2 is 2.00 bits per heavy atom. The Morgan fingerprint density at radius 1 is 1.29 bits per heavy atom. The third kappa shape index (κ3) is 2.21. The number of nitrogens with zero attached hydrogens (tertiary/aromatic N) is 1. The zero-order chi connectivity index (χ0) is 15.0. The Balaban J connectivity index is 1.77. The molecule has 0 bridgehead atoms. The molecule has 21 heavy (non-hydrogen) atoms. The summed E-state index contributed by atoms with van der Waals surface area (Å²) in [5.74, 6) is -1.19. The van der Waals surface area contributed by atoms with E-state index in [1.807, 2.05) is 6.07 Å². The highest BCUT2D eigenvalue weighted by Gasteiger charge is 2.56. The summed E-state index contributed by atoms with van der Waals surface area (Å²) in [6.45, 7) is 0.657. The van der Waals surface area contributed by atoms with E-state index in [0.29, 0.717) is 18.5 Å². The molecule has 3 atom stereocenters. The third-order valence-electron chi connectivity index (χ3n) is 4.96. The van der Waals surface area contributed by atoms with Crippen molar-refractivity contribution in [3.8, 4) is 0 Å². The first kappa shape index (κ1) is 14.1. The first-order valence-electron chi connectivity index (χ1n) is 7.30. The summed E-state index contributed by atoms with van der Waals surface area (Å²) in [5.41, 5.74) is -0.254. The first-order chi connectivity index (χ1) is 10.0. The predicted molar refractivity (Wildman–Crippen MR) is 75.4 cm³/mol. The zero-order valence-corrected chi connectivity index (χ0v) is 11.7. The fourth-order valence-corrected chi connectivity index (χ4v) is 3.76. The van der Waals surface area contributed by atoms with Gasteiger partial charge in [0.05, 0.1) is 5.41 Å². The van der Waals surface area contributed by atoms with E-state index in [9.17, 15) is 19.8 Å². The first-order valence-corrected chi connectivity index (χ1v) is 7.30. The zero-order valence-electron chi connectivity index (χ0n) is 11.7. The highest BCUT2D eigenvalue weighted by molar-refractivity contribution is 5.84. The molecule has 2 fully saturated rings. The van der Waals surface area contributed by atoms with Crippen molar-refractivity contribution < 1.29 is 19.8 Å². The van der Waals surface area contributed by atoms with E-state index in [0.717, 1.165) is 12.8 Å². The van der Waals surface area contributed by atoms with Crippen molar-refractivity contribution in [2.75, 3.05) is 13.1 Å². The van der Waals surface area contributed by atoms with E-state index in [1.165, 1.54) is 4.90 Å². The molecule has 1 heterocycles. The van der Waals surface area contributed by atoms with Crippen LogP contribution >= 0.6 is 0 Å². The van der Waals surface area contributed by atoms with Crippen molar-refractivity contribution in [1.82, 2.24) is 4.90 Å². The van der Waals surface area contributed by atoms with E-state index in [4.69, 9.17) is 0 Å². The van der Waals surface area contributed by atoms with Crippen molar-refractivity contribution >= 4 is 11.9 Å². The molecule has 1 saturated carbocycles. The molecule has 112 valence electrons. The number of hydrogen-bond acceptors (Lipinski definition) is 3. The van der Waals surface area contributed by atoms with Crippen LogP contribution in [0, 0.1) is 11.3 Å². The van der Waals surface area contributed by atoms with Crippen LogP contribution in [0.15, 0.2) is 30.3 Å². The number of carboxylic acid groups (broad SMARTS) is 1. The summed E-state index contributed by atoms with van der Waals surface area (Å²) in [5, 5.41) is 19.7. The lowest BCUT2D eigenvalue weighted by molar-refractivity contribution is -0.150. The van der Waals surface area contributed by atoms with Crippen LogP contribution in [0.2, 0.25) is 0 Å². The molecule has 2 aliphatic rings. The molecule has 0 spiro atoms. The number of benzene rings is 1. The van der Waals surface area contributed by atoms with Gasteiger partial charge in [-0.15, -0.1) is 0 Å². The van der Waals surface area contributed by atoms with Crippen molar-refractivity contribution in [1.29, 1.82) is 0 Å². The van der Waals surface area contributed by atoms with E-state index in [1.54, 1.807) is 24.3 Å². The molecular weight excluding hydrogens is 270 g/mol. The number of aliphatic hydroxyl groups is 1. The minimum Gasteiger partial charge on any atom is -0.481 e. The number of aliphatic hydroxyl groups excluding tert-OH is 1. The molecule has 1 saturated heterocycles. The van der Waals surface area contributed by atoms with Gasteiger partial charge in [-0.25, -0.2) is 0 Å². The maximum Gasteiger partial charge on any atom is 0.311 e. The van der Waals surface area contributed by atoms with Crippen LogP contribution in [-0.2, 0) is 9.59 Å². The topological polar surface area (TPSA) is 77.8 Å². The Kier molecular flexibility index (Phi) is 3.45. The number of hydrogen-bond donors (Lipinski definition) is 2. The van der Waals surface area contributed by atoms with Gasteiger partial charge >= 0.3 is 5.97 Å². The number of fused-ring (bicyclic) bond motifs is 1. The smallest absolute Gasteiger partial charge is 0.311 e. The van der Waals surface area contributed by atoms with Gasteiger partial charge in [0, 0.05) is 13.1 Å². The molecular formula is C16H19NO4. The average molecular weight is 289 g/mol. The van der Waals surface area contributed by atoms with E-state index >= 15 is 0 Å². The van der Waals surface area contributed by atoms with Crippen LogP contribution in [0.3, 0.4) is 0 Å². The number of carboxylic acids is 1. The summed E-state index contributed by atoms with van der Waals surface area (Å²) in [6.07, 6.45) is 1.16. The highest BCUT2D eigenvalue weighted by Crippen LogP contribution is 2.49. The Morgan fingerprint density at radius 3 is 2.62 bits per heavy atom. The second-order valence-electron chi connectivity index (χ2n) is 6.08. The van der Waals surface area contributed by atoms with E-state index in [-0.39, 0.29) is 12.5 Å². The second-order valence-corrected chi connectivity index (χ2v) is 6.08. The van der Waals surface area contributed by atoms with Gasteiger partial charge in [0.15, 0.2) is 6.10 Å². The van der Waals surface area contributed by atoms with Gasteiger partial charge in [0.25, 0.3) is 5.91 Å². The molecule has 0 aromatic heterocycles. The molecule has 1 aliphatic carbocycles. The molecule has 5 heteroatoms. The van der Waals surface area contributed by atoms with Crippen molar-refractivity contribution in [2.45, 2.75) is 25.4 Å². The van der Waals surface area contributed by atoms with E-state index in [2.05, 4.69) is 0 Å². The Hall–Kier alpha value is -1.88. The van der Waals surface area contributed by atoms with Crippen LogP contribution in [0.4, 0.5) is 0 Å². The largest absolute Gasteiger partial charge is 0.481 e. The van der Waals surface area contributed by atoms with Gasteiger partial charge in [-0.2, -0.15) is 0 Å². The number of aliphatic carboxylic acids is 1. The van der Waals surface area contributed by atoms with Gasteiger partial charge in [-0.05, 0) is 24.3 Å². The van der Waals surface area contributed by atoms with Crippen molar-refractivity contribution in [3.05, 3.63) is 35.9 Å². The number of rotatable bonds is 3. The molecule has 1 aromatic rings. The number of carbonyl (C=O) groups excluding carboxylic acids is 1. The fourth-order valence-electron chi connectivity index (χ4n) is 3.76. The normalized spacial score (nSPS) is 29.2. The summed E-state index contributed by atoms with van der Waals surface area (Å²) in [6, 6.07) is 8.76. The van der Waals surface area contributed by atoms with Crippen molar-refractivity contribution in [3.63, 3.8) is 0 Å². The summed E-state index contributed by atoms with van der Waals surface area (Å²) in [4.78, 5) is 25.6. The summed E-state index contributed by atoms with van der Waals surface area (Å²) in [7, 11) is 0. The second kappa shape index (κ2) is 5.15. The predicted octanol–water partition coefficient (Wildman–Crippen LogP) is 1.43. The Bertz CT molecular complexity index is 559. The van der Waals surface area contributed by atoms with Gasteiger partial charge < -0.3 is 15.1 Å². The molecule has 2 N–H and O–H groups in total. The van der Waals surface area contributed by atoms with Gasteiger partial charge in [0.2, 0.25) is 0 Å².